The highest BCUT2D eigenvalue weighted by molar-refractivity contribution is 9.10. The van der Waals surface area contributed by atoms with Gasteiger partial charge in [0.2, 0.25) is 0 Å². The molecule has 1 aromatic heterocycles. The standard InChI is InChI=1S/C22H17BrN2O3/c1-27-19-11-8-15(13-17(19)23)22(26)24-16-9-6-14(7-10-16)12-21-25-18-4-2-3-5-20(18)28-21/h2-11,13H,12H2,1H3,(H,24,26). The largest absolute Gasteiger partial charge is 0.496 e. The van der Waals surface area contributed by atoms with Crippen LogP contribution in [0.2, 0.25) is 0 Å². The number of nitrogens with zero attached hydrogens (tertiary/aromatic N) is 1. The van der Waals surface area contributed by atoms with Gasteiger partial charge in [0, 0.05) is 17.7 Å². The van der Waals surface area contributed by atoms with Gasteiger partial charge in [-0.25, -0.2) is 4.98 Å². The summed E-state index contributed by atoms with van der Waals surface area (Å²) in [5.41, 5.74) is 3.96. The number of hydrogen-bond acceptors (Lipinski definition) is 4. The van der Waals surface area contributed by atoms with E-state index in [0.717, 1.165) is 26.8 Å². The maximum Gasteiger partial charge on any atom is 0.255 e. The molecule has 0 unspecified atom stereocenters. The van der Waals surface area contributed by atoms with E-state index >= 15 is 0 Å². The zero-order chi connectivity index (χ0) is 19.5. The van der Waals surface area contributed by atoms with Gasteiger partial charge in [-0.3, -0.25) is 4.79 Å². The molecule has 4 aromatic rings. The van der Waals surface area contributed by atoms with Gasteiger partial charge in [0.1, 0.15) is 11.3 Å². The molecule has 140 valence electrons. The Morgan fingerprint density at radius 1 is 1.11 bits per heavy atom. The van der Waals surface area contributed by atoms with E-state index < -0.39 is 0 Å². The number of hydrogen-bond donors (Lipinski definition) is 1. The Morgan fingerprint density at radius 3 is 2.61 bits per heavy atom. The molecule has 3 aromatic carbocycles. The molecule has 1 amide bonds. The first-order chi connectivity index (χ1) is 13.6. The summed E-state index contributed by atoms with van der Waals surface area (Å²) in [5.74, 6) is 1.16. The zero-order valence-electron chi connectivity index (χ0n) is 15.1. The highest BCUT2D eigenvalue weighted by Crippen LogP contribution is 2.26. The molecule has 0 aliphatic rings. The van der Waals surface area contributed by atoms with E-state index in [1.165, 1.54) is 0 Å². The number of aromatic nitrogens is 1. The van der Waals surface area contributed by atoms with E-state index in [1.807, 2.05) is 48.5 Å². The summed E-state index contributed by atoms with van der Waals surface area (Å²) in [6.45, 7) is 0. The summed E-state index contributed by atoms with van der Waals surface area (Å²) in [5, 5.41) is 2.90. The van der Waals surface area contributed by atoms with Gasteiger partial charge in [0.05, 0.1) is 11.6 Å². The van der Waals surface area contributed by atoms with Crippen LogP contribution in [-0.4, -0.2) is 18.0 Å². The SMILES string of the molecule is COc1ccc(C(=O)Nc2ccc(Cc3nc4ccccc4o3)cc2)cc1Br. The second-order valence-corrected chi connectivity index (χ2v) is 7.11. The van der Waals surface area contributed by atoms with Gasteiger partial charge < -0.3 is 14.5 Å². The highest BCUT2D eigenvalue weighted by atomic mass is 79.9. The molecule has 28 heavy (non-hydrogen) atoms. The number of anilines is 1. The van der Waals surface area contributed by atoms with Gasteiger partial charge in [0.15, 0.2) is 11.5 Å². The lowest BCUT2D eigenvalue weighted by molar-refractivity contribution is 0.102. The Kier molecular flexibility index (Phi) is 5.12. The van der Waals surface area contributed by atoms with Crippen LogP contribution in [0.25, 0.3) is 11.1 Å². The lowest BCUT2D eigenvalue weighted by Gasteiger charge is -2.08. The molecule has 0 aliphatic heterocycles. The van der Waals surface area contributed by atoms with Crippen LogP contribution in [0.3, 0.4) is 0 Å². The lowest BCUT2D eigenvalue weighted by atomic mass is 10.1. The minimum atomic E-state index is -0.185. The van der Waals surface area contributed by atoms with Crippen LogP contribution in [0.4, 0.5) is 5.69 Å². The number of carbonyl (C=O) groups is 1. The van der Waals surface area contributed by atoms with Crippen molar-refractivity contribution in [2.24, 2.45) is 0 Å². The monoisotopic (exact) mass is 436 g/mol. The number of oxazole rings is 1. The molecule has 1 N–H and O–H groups in total. The lowest BCUT2D eigenvalue weighted by Crippen LogP contribution is -2.11. The van der Waals surface area contributed by atoms with Gasteiger partial charge in [-0.05, 0) is 64.0 Å². The fourth-order valence-electron chi connectivity index (χ4n) is 2.89. The first-order valence-corrected chi connectivity index (χ1v) is 9.50. The summed E-state index contributed by atoms with van der Waals surface area (Å²) < 4.78 is 11.7. The molecule has 0 saturated heterocycles. The Bertz CT molecular complexity index is 1100. The first kappa shape index (κ1) is 18.3. The molecule has 0 radical (unpaired) electrons. The number of ether oxygens (including phenoxy) is 1. The number of methoxy groups -OCH3 is 1. The normalized spacial score (nSPS) is 10.8. The van der Waals surface area contributed by atoms with Crippen molar-refractivity contribution in [2.75, 3.05) is 12.4 Å². The van der Waals surface area contributed by atoms with E-state index in [1.54, 1.807) is 25.3 Å². The van der Waals surface area contributed by atoms with Gasteiger partial charge in [-0.1, -0.05) is 24.3 Å². The maximum atomic E-state index is 12.4. The minimum Gasteiger partial charge on any atom is -0.496 e. The average Bonchev–Trinajstić information content (AvgIpc) is 3.11. The van der Waals surface area contributed by atoms with Crippen molar-refractivity contribution in [3.8, 4) is 5.75 Å². The summed E-state index contributed by atoms with van der Waals surface area (Å²) in [6.07, 6.45) is 0.592. The summed E-state index contributed by atoms with van der Waals surface area (Å²) in [6, 6.07) is 20.6. The van der Waals surface area contributed by atoms with Crippen LogP contribution in [0.15, 0.2) is 75.6 Å². The van der Waals surface area contributed by atoms with Crippen LogP contribution in [0, 0.1) is 0 Å². The zero-order valence-corrected chi connectivity index (χ0v) is 16.7. The van der Waals surface area contributed by atoms with E-state index in [9.17, 15) is 4.79 Å². The summed E-state index contributed by atoms with van der Waals surface area (Å²) in [4.78, 5) is 16.9. The number of amides is 1. The molecule has 0 bridgehead atoms. The van der Waals surface area contributed by atoms with E-state index in [-0.39, 0.29) is 5.91 Å². The van der Waals surface area contributed by atoms with Gasteiger partial charge in [-0.15, -0.1) is 0 Å². The van der Waals surface area contributed by atoms with Crippen molar-refractivity contribution < 1.29 is 13.9 Å². The predicted octanol–water partition coefficient (Wildman–Crippen LogP) is 5.44. The minimum absolute atomic E-state index is 0.185. The average molecular weight is 437 g/mol. The van der Waals surface area contributed by atoms with Crippen molar-refractivity contribution in [3.63, 3.8) is 0 Å². The summed E-state index contributed by atoms with van der Waals surface area (Å²) >= 11 is 3.39. The smallest absolute Gasteiger partial charge is 0.255 e. The molecule has 6 heteroatoms. The molecular weight excluding hydrogens is 420 g/mol. The van der Waals surface area contributed by atoms with Crippen LogP contribution < -0.4 is 10.1 Å². The van der Waals surface area contributed by atoms with Crippen LogP contribution in [0.1, 0.15) is 21.8 Å². The number of nitrogens with one attached hydrogen (secondary N) is 1. The van der Waals surface area contributed by atoms with Crippen LogP contribution in [0.5, 0.6) is 5.75 Å². The van der Waals surface area contributed by atoms with Crippen molar-refractivity contribution in [1.29, 1.82) is 0 Å². The Hall–Kier alpha value is -3.12. The Morgan fingerprint density at radius 2 is 1.89 bits per heavy atom. The van der Waals surface area contributed by atoms with Gasteiger partial charge in [-0.2, -0.15) is 0 Å². The number of para-hydroxylation sites is 2. The molecule has 4 rings (SSSR count). The quantitative estimate of drug-likeness (QED) is 0.452. The van der Waals surface area contributed by atoms with Gasteiger partial charge >= 0.3 is 0 Å². The molecule has 5 nitrogen and oxygen atoms in total. The van der Waals surface area contributed by atoms with E-state index in [4.69, 9.17) is 9.15 Å². The molecule has 0 fully saturated rings. The molecular formula is C22H17BrN2O3. The van der Waals surface area contributed by atoms with Crippen molar-refractivity contribution >= 4 is 38.6 Å². The second-order valence-electron chi connectivity index (χ2n) is 6.25. The third-order valence-electron chi connectivity index (χ3n) is 4.32. The fraction of sp³-hybridized carbons (Fsp3) is 0.0909. The van der Waals surface area contributed by atoms with Gasteiger partial charge in [0.25, 0.3) is 5.91 Å². The maximum absolute atomic E-state index is 12.4. The molecule has 0 atom stereocenters. The number of rotatable bonds is 5. The van der Waals surface area contributed by atoms with E-state index in [2.05, 4.69) is 26.2 Å². The molecule has 0 saturated carbocycles. The Labute approximate surface area is 170 Å². The fourth-order valence-corrected chi connectivity index (χ4v) is 3.43. The third-order valence-corrected chi connectivity index (χ3v) is 4.94. The molecule has 0 spiro atoms. The number of carbonyl (C=O) groups excluding carboxylic acids is 1. The molecule has 1 heterocycles. The first-order valence-electron chi connectivity index (χ1n) is 8.70. The third kappa shape index (κ3) is 3.92. The number of benzene rings is 3. The topological polar surface area (TPSA) is 64.4 Å². The molecule has 0 aliphatic carbocycles. The number of fused-ring (bicyclic) bond motifs is 1. The summed E-state index contributed by atoms with van der Waals surface area (Å²) in [7, 11) is 1.59. The van der Waals surface area contributed by atoms with E-state index in [0.29, 0.717) is 23.6 Å². The van der Waals surface area contributed by atoms with Crippen LogP contribution >= 0.6 is 15.9 Å². The Balaban J connectivity index is 1.44. The van der Waals surface area contributed by atoms with Crippen molar-refractivity contribution in [2.45, 2.75) is 6.42 Å². The van der Waals surface area contributed by atoms with Crippen molar-refractivity contribution in [3.05, 3.63) is 88.2 Å². The van der Waals surface area contributed by atoms with Crippen LogP contribution in [-0.2, 0) is 6.42 Å². The van der Waals surface area contributed by atoms with Crippen molar-refractivity contribution in [1.82, 2.24) is 4.98 Å². The predicted molar refractivity (Wildman–Crippen MR) is 112 cm³/mol. The second kappa shape index (κ2) is 7.86. The number of halogens is 1. The highest BCUT2D eigenvalue weighted by Gasteiger charge is 2.10.